The van der Waals surface area contributed by atoms with Gasteiger partial charge in [0.05, 0.1) is 0 Å². The van der Waals surface area contributed by atoms with Crippen molar-refractivity contribution in [3.63, 3.8) is 0 Å². The van der Waals surface area contributed by atoms with Crippen LogP contribution in [0.3, 0.4) is 0 Å². The van der Waals surface area contributed by atoms with Gasteiger partial charge in [-0.15, -0.1) is 22.7 Å². The fraction of sp³-hybridized carbons (Fsp3) is 0. The average Bonchev–Trinajstić information content (AvgIpc) is 3.33. The summed E-state index contributed by atoms with van der Waals surface area (Å²) < 4.78 is 0. The maximum absolute atomic E-state index is 10.1. The average molecular weight is 347 g/mol. The molecular weight excluding hydrogens is 334 g/mol. The van der Waals surface area contributed by atoms with Gasteiger partial charge in [0.25, 0.3) is 5.91 Å². The lowest BCUT2D eigenvalue weighted by Crippen LogP contribution is -2.17. The van der Waals surface area contributed by atoms with Crippen LogP contribution in [-0.4, -0.2) is 11.7 Å². The fourth-order valence-corrected chi connectivity index (χ4v) is 3.44. The molecule has 1 amide bonds. The summed E-state index contributed by atoms with van der Waals surface area (Å²) in [5.74, 6) is -1.01. The van der Waals surface area contributed by atoms with Crippen LogP contribution in [0.4, 0.5) is 0 Å². The summed E-state index contributed by atoms with van der Waals surface area (Å²) in [4.78, 5) is 22.9. The van der Waals surface area contributed by atoms with Crippen LogP contribution in [0.15, 0.2) is 70.2 Å². The number of amides is 1. The van der Waals surface area contributed by atoms with Crippen molar-refractivity contribution in [3.05, 3.63) is 70.2 Å². The number of carbonyl (C=O) groups is 2. The van der Waals surface area contributed by atoms with E-state index in [1.807, 2.05) is 22.9 Å². The molecule has 0 fully saturated rings. The second-order valence-electron chi connectivity index (χ2n) is 3.92. The molecule has 1 aliphatic heterocycles. The van der Waals surface area contributed by atoms with Gasteiger partial charge >= 0.3 is 0 Å². The van der Waals surface area contributed by atoms with Crippen molar-refractivity contribution < 1.29 is 9.59 Å². The summed E-state index contributed by atoms with van der Waals surface area (Å²) in [7, 11) is 0. The van der Waals surface area contributed by atoms with Gasteiger partial charge in [0.15, 0.2) is 0 Å². The van der Waals surface area contributed by atoms with E-state index in [1.165, 1.54) is 22.0 Å². The Balaban J connectivity index is 0.000000129. The number of hydrogen-bond donors (Lipinski definition) is 1. The van der Waals surface area contributed by atoms with E-state index in [0.29, 0.717) is 0 Å². The lowest BCUT2D eigenvalue weighted by Gasteiger charge is -1.84. The van der Waals surface area contributed by atoms with Gasteiger partial charge in [-0.1, -0.05) is 24.3 Å². The predicted octanol–water partition coefficient (Wildman–Crippen LogP) is 4.42. The summed E-state index contributed by atoms with van der Waals surface area (Å²) in [6, 6.07) is 12.5. The summed E-state index contributed by atoms with van der Waals surface area (Å²) >= 11 is 5.30. The summed E-state index contributed by atoms with van der Waals surface area (Å²) in [6.07, 6.45) is 2.52. The highest BCUT2D eigenvalue weighted by molar-refractivity contribution is 7.20. The number of ketones is 1. The molecule has 3 nitrogen and oxygen atoms in total. The third kappa shape index (κ3) is 5.40. The Kier molecular flexibility index (Phi) is 6.76. The van der Waals surface area contributed by atoms with Gasteiger partial charge in [0.1, 0.15) is 0 Å². The standard InChI is InChI=1S/C8H6S2.C4H3NO2.C4H4S/c1-3-7(9-5-1)8-4-2-6-10-8;6-3-1-2-5-4(3)7;1-2-4-5-3-1/h1-6H;1-2H,(H,5,6,7);1-4H. The van der Waals surface area contributed by atoms with Gasteiger partial charge in [-0.05, 0) is 33.7 Å². The molecular formula is C16H13NO2S3. The topological polar surface area (TPSA) is 46.2 Å². The Hall–Kier alpha value is -2.02. The molecule has 0 unspecified atom stereocenters. The van der Waals surface area contributed by atoms with Gasteiger partial charge in [-0.2, -0.15) is 11.3 Å². The van der Waals surface area contributed by atoms with Gasteiger partial charge < -0.3 is 5.32 Å². The number of thiophene rings is 3. The minimum atomic E-state index is -0.542. The second-order valence-corrected chi connectivity index (χ2v) is 6.63. The molecule has 22 heavy (non-hydrogen) atoms. The number of carbonyl (C=O) groups excluding carboxylic acids is 2. The normalized spacial score (nSPS) is 12.0. The summed E-state index contributed by atoms with van der Waals surface area (Å²) in [6.45, 7) is 0. The molecule has 112 valence electrons. The zero-order chi connectivity index (χ0) is 15.6. The summed E-state index contributed by atoms with van der Waals surface area (Å²) in [5, 5.41) is 10.5. The maximum Gasteiger partial charge on any atom is 0.295 e. The second kappa shape index (κ2) is 9.09. The Bertz CT molecular complexity index is 649. The molecule has 0 aromatic carbocycles. The van der Waals surface area contributed by atoms with E-state index in [1.54, 1.807) is 34.0 Å². The van der Waals surface area contributed by atoms with Crippen molar-refractivity contribution in [2.75, 3.05) is 0 Å². The lowest BCUT2D eigenvalue weighted by atomic mass is 10.4. The van der Waals surface area contributed by atoms with E-state index in [2.05, 4.69) is 40.3 Å². The molecule has 6 heteroatoms. The van der Waals surface area contributed by atoms with E-state index < -0.39 is 11.7 Å². The predicted molar refractivity (Wildman–Crippen MR) is 94.2 cm³/mol. The smallest absolute Gasteiger partial charge is 0.295 e. The number of hydrogen-bond acceptors (Lipinski definition) is 5. The molecule has 0 saturated heterocycles. The van der Waals surface area contributed by atoms with E-state index in [9.17, 15) is 9.59 Å². The first-order valence-corrected chi connectivity index (χ1v) is 9.03. The Morgan fingerprint density at radius 2 is 1.36 bits per heavy atom. The first kappa shape index (κ1) is 16.4. The van der Waals surface area contributed by atoms with E-state index in [4.69, 9.17) is 0 Å². The van der Waals surface area contributed by atoms with Gasteiger partial charge in [-0.25, -0.2) is 0 Å². The van der Waals surface area contributed by atoms with Crippen LogP contribution in [0.25, 0.3) is 9.75 Å². The van der Waals surface area contributed by atoms with Crippen LogP contribution in [-0.2, 0) is 9.59 Å². The minimum absolute atomic E-state index is 0.472. The van der Waals surface area contributed by atoms with Gasteiger partial charge in [0.2, 0.25) is 5.78 Å². The molecule has 0 aliphatic carbocycles. The van der Waals surface area contributed by atoms with Crippen LogP contribution in [0.2, 0.25) is 0 Å². The van der Waals surface area contributed by atoms with Crippen molar-refractivity contribution in [1.29, 1.82) is 0 Å². The quantitative estimate of drug-likeness (QED) is 0.662. The molecule has 4 heterocycles. The molecule has 1 aliphatic rings. The molecule has 0 atom stereocenters. The Morgan fingerprint density at radius 1 is 0.773 bits per heavy atom. The highest BCUT2D eigenvalue weighted by atomic mass is 32.1. The van der Waals surface area contributed by atoms with Crippen molar-refractivity contribution in [2.45, 2.75) is 0 Å². The first-order valence-electron chi connectivity index (χ1n) is 6.33. The maximum atomic E-state index is 10.1. The Morgan fingerprint density at radius 3 is 1.59 bits per heavy atom. The minimum Gasteiger partial charge on any atom is -0.326 e. The third-order valence-electron chi connectivity index (χ3n) is 2.38. The SMILES string of the molecule is O=C1C=CNC1=O.c1ccsc1.c1csc(-c2cccs2)c1. The monoisotopic (exact) mass is 347 g/mol. The van der Waals surface area contributed by atoms with E-state index in [0.717, 1.165) is 0 Å². The lowest BCUT2D eigenvalue weighted by molar-refractivity contribution is -0.133. The largest absolute Gasteiger partial charge is 0.326 e. The molecule has 4 rings (SSSR count). The number of nitrogens with one attached hydrogen (secondary N) is 1. The van der Waals surface area contributed by atoms with Crippen LogP contribution in [0.1, 0.15) is 0 Å². The van der Waals surface area contributed by atoms with E-state index >= 15 is 0 Å². The molecule has 1 N–H and O–H groups in total. The van der Waals surface area contributed by atoms with Crippen LogP contribution >= 0.6 is 34.0 Å². The molecule has 0 spiro atoms. The van der Waals surface area contributed by atoms with Crippen LogP contribution in [0.5, 0.6) is 0 Å². The zero-order valence-corrected chi connectivity index (χ0v) is 13.9. The van der Waals surface area contributed by atoms with Crippen molar-refractivity contribution >= 4 is 45.7 Å². The van der Waals surface area contributed by atoms with Crippen LogP contribution < -0.4 is 5.32 Å². The zero-order valence-electron chi connectivity index (χ0n) is 11.5. The highest BCUT2D eigenvalue weighted by Crippen LogP contribution is 2.28. The summed E-state index contributed by atoms with van der Waals surface area (Å²) in [5.41, 5.74) is 0. The number of rotatable bonds is 1. The molecule has 0 radical (unpaired) electrons. The van der Waals surface area contributed by atoms with Crippen molar-refractivity contribution in [3.8, 4) is 9.75 Å². The fourth-order valence-electron chi connectivity index (χ4n) is 1.40. The van der Waals surface area contributed by atoms with Crippen molar-refractivity contribution in [2.24, 2.45) is 0 Å². The van der Waals surface area contributed by atoms with Gasteiger partial charge in [-0.3, -0.25) is 9.59 Å². The van der Waals surface area contributed by atoms with Crippen molar-refractivity contribution in [1.82, 2.24) is 5.32 Å². The third-order valence-corrected chi connectivity index (χ3v) is 4.95. The van der Waals surface area contributed by atoms with Gasteiger partial charge in [0, 0.05) is 22.0 Å². The Labute approximate surface area is 140 Å². The van der Waals surface area contributed by atoms with Crippen LogP contribution in [0, 0.1) is 0 Å². The molecule has 3 aromatic heterocycles. The van der Waals surface area contributed by atoms with E-state index in [-0.39, 0.29) is 0 Å². The molecule has 3 aromatic rings. The molecule has 0 bridgehead atoms. The first-order chi connectivity index (χ1) is 10.8. The molecule has 0 saturated carbocycles. The highest BCUT2D eigenvalue weighted by Gasteiger charge is 2.12.